The maximum atomic E-state index is 13.3. The topological polar surface area (TPSA) is 115 Å². The average Bonchev–Trinajstić information content (AvgIpc) is 3.21. The molecular formula is C30H31N3O7S. The van der Waals surface area contributed by atoms with Crippen LogP contribution in [-0.2, 0) is 14.3 Å². The molecule has 0 atom stereocenters. The molecule has 0 radical (unpaired) electrons. The molecule has 1 heterocycles. The predicted molar refractivity (Wildman–Crippen MR) is 157 cm³/mol. The van der Waals surface area contributed by atoms with Crippen LogP contribution in [0.4, 0.5) is 11.4 Å². The van der Waals surface area contributed by atoms with Crippen LogP contribution in [0.1, 0.15) is 16.8 Å². The number of nitrogens with one attached hydrogen (secondary N) is 2. The van der Waals surface area contributed by atoms with Gasteiger partial charge in [-0.2, -0.15) is 0 Å². The molecule has 11 heteroatoms. The Morgan fingerprint density at radius 2 is 1.46 bits per heavy atom. The lowest BCUT2D eigenvalue weighted by atomic mass is 10.1. The predicted octanol–water partition coefficient (Wildman–Crippen LogP) is 4.79. The van der Waals surface area contributed by atoms with Gasteiger partial charge in [0.2, 0.25) is 0 Å². The summed E-state index contributed by atoms with van der Waals surface area (Å²) in [5.41, 5.74) is 1.75. The van der Waals surface area contributed by atoms with Crippen molar-refractivity contribution in [3.8, 4) is 17.2 Å². The molecule has 4 rings (SSSR count). The van der Waals surface area contributed by atoms with Crippen LogP contribution in [0, 0.1) is 0 Å². The van der Waals surface area contributed by atoms with Crippen LogP contribution in [0.3, 0.4) is 0 Å². The Labute approximate surface area is 242 Å². The zero-order valence-electron chi connectivity index (χ0n) is 23.2. The quantitative estimate of drug-likeness (QED) is 0.219. The van der Waals surface area contributed by atoms with Gasteiger partial charge in [0, 0.05) is 42.6 Å². The lowest BCUT2D eigenvalue weighted by molar-refractivity contribution is -0.137. The summed E-state index contributed by atoms with van der Waals surface area (Å²) < 4.78 is 20.8. The third-order valence-electron chi connectivity index (χ3n) is 6.20. The van der Waals surface area contributed by atoms with E-state index in [9.17, 15) is 14.4 Å². The van der Waals surface area contributed by atoms with Crippen LogP contribution in [-0.4, -0.2) is 64.2 Å². The van der Waals surface area contributed by atoms with Gasteiger partial charge in [0.05, 0.1) is 26.9 Å². The van der Waals surface area contributed by atoms with Crippen LogP contribution in [0.25, 0.3) is 0 Å². The maximum Gasteiger partial charge on any atom is 0.278 e. The second-order valence-electron chi connectivity index (χ2n) is 8.81. The Hall–Kier alpha value is -4.48. The lowest BCUT2D eigenvalue weighted by Crippen LogP contribution is -2.33. The molecule has 1 aliphatic heterocycles. The molecule has 0 saturated carbocycles. The number of carbonyl (C=O) groups is 3. The molecule has 2 N–H and O–H groups in total. The van der Waals surface area contributed by atoms with E-state index in [0.717, 1.165) is 0 Å². The van der Waals surface area contributed by atoms with Gasteiger partial charge in [0.25, 0.3) is 17.7 Å². The minimum Gasteiger partial charge on any atom is -0.497 e. The highest BCUT2D eigenvalue weighted by Gasteiger charge is 2.38. The largest absolute Gasteiger partial charge is 0.497 e. The van der Waals surface area contributed by atoms with Gasteiger partial charge in [-0.25, -0.2) is 0 Å². The highest BCUT2D eigenvalue weighted by molar-refractivity contribution is 8.04. The van der Waals surface area contributed by atoms with Crippen LogP contribution in [0.2, 0.25) is 0 Å². The van der Waals surface area contributed by atoms with Crippen molar-refractivity contribution >= 4 is 40.9 Å². The number of methoxy groups -OCH3 is 4. The van der Waals surface area contributed by atoms with E-state index in [1.54, 1.807) is 80.9 Å². The molecule has 0 saturated heterocycles. The number of ether oxygens (including phenoxy) is 4. The summed E-state index contributed by atoms with van der Waals surface area (Å²) in [5, 5.41) is 5.97. The van der Waals surface area contributed by atoms with Crippen molar-refractivity contribution in [1.29, 1.82) is 0 Å². The summed E-state index contributed by atoms with van der Waals surface area (Å²) in [7, 11) is 6.17. The number of carbonyl (C=O) groups excluding carboxylic acids is 3. The maximum absolute atomic E-state index is 13.3. The van der Waals surface area contributed by atoms with Crippen LogP contribution >= 0.6 is 11.8 Å². The van der Waals surface area contributed by atoms with Crippen molar-refractivity contribution in [3.05, 3.63) is 82.9 Å². The van der Waals surface area contributed by atoms with Gasteiger partial charge in [-0.1, -0.05) is 11.8 Å². The molecule has 41 heavy (non-hydrogen) atoms. The third-order valence-corrected chi connectivity index (χ3v) is 7.29. The molecule has 0 unspecified atom stereocenters. The number of benzene rings is 3. The second-order valence-corrected chi connectivity index (χ2v) is 9.90. The van der Waals surface area contributed by atoms with Gasteiger partial charge >= 0.3 is 0 Å². The third kappa shape index (κ3) is 7.00. The Morgan fingerprint density at radius 1 is 0.805 bits per heavy atom. The Bertz CT molecular complexity index is 1440. The number of hydrogen-bond acceptors (Lipinski definition) is 9. The van der Waals surface area contributed by atoms with Gasteiger partial charge in [0.15, 0.2) is 0 Å². The molecule has 3 aromatic rings. The monoisotopic (exact) mass is 577 g/mol. The Balaban J connectivity index is 1.53. The minimum absolute atomic E-state index is 0.201. The summed E-state index contributed by atoms with van der Waals surface area (Å²) in [6.45, 7) is 0.666. The summed E-state index contributed by atoms with van der Waals surface area (Å²) in [6.07, 6.45) is 0.523. The van der Waals surface area contributed by atoms with Crippen molar-refractivity contribution in [2.45, 2.75) is 11.3 Å². The molecule has 3 amide bonds. The number of anilines is 2. The van der Waals surface area contributed by atoms with E-state index in [1.165, 1.54) is 30.9 Å². The fraction of sp³-hybridized carbons (Fsp3) is 0.233. The summed E-state index contributed by atoms with van der Waals surface area (Å²) in [4.78, 5) is 41.7. The summed E-state index contributed by atoms with van der Waals surface area (Å²) >= 11 is 1.18. The molecule has 10 nitrogen and oxygen atoms in total. The molecule has 3 aromatic carbocycles. The van der Waals surface area contributed by atoms with E-state index in [4.69, 9.17) is 18.9 Å². The average molecular weight is 578 g/mol. The molecule has 0 spiro atoms. The van der Waals surface area contributed by atoms with Crippen molar-refractivity contribution in [2.24, 2.45) is 0 Å². The Morgan fingerprint density at radius 3 is 2.10 bits per heavy atom. The standard InChI is InChI=1S/C30H31N3O7S/c1-37-17-5-16-33-29(35)26(31-19-6-10-21(38-2)11-7-19)27(30(33)36)41-23-13-8-20(9-14-23)32-28(34)24-15-12-22(39-3)18-25(24)40-4/h6-15,18,31H,5,16-17H2,1-4H3,(H,32,34). The van der Waals surface area contributed by atoms with E-state index in [2.05, 4.69) is 10.6 Å². The molecule has 1 aliphatic rings. The van der Waals surface area contributed by atoms with Crippen LogP contribution < -0.4 is 24.8 Å². The van der Waals surface area contributed by atoms with Crippen LogP contribution in [0.15, 0.2) is 82.2 Å². The van der Waals surface area contributed by atoms with Gasteiger partial charge in [0.1, 0.15) is 27.9 Å². The molecule has 0 bridgehead atoms. The first-order valence-electron chi connectivity index (χ1n) is 12.7. The van der Waals surface area contributed by atoms with Crippen molar-refractivity contribution in [3.63, 3.8) is 0 Å². The SMILES string of the molecule is COCCCN1C(=O)C(Nc2ccc(OC)cc2)=C(Sc2ccc(NC(=O)c3ccc(OC)cc3OC)cc2)C1=O. The van der Waals surface area contributed by atoms with E-state index < -0.39 is 5.91 Å². The summed E-state index contributed by atoms with van der Waals surface area (Å²) in [5.74, 6) is 0.510. The summed E-state index contributed by atoms with van der Waals surface area (Å²) in [6, 6.07) is 19.0. The number of imide groups is 1. The van der Waals surface area contributed by atoms with Gasteiger partial charge in [-0.15, -0.1) is 0 Å². The van der Waals surface area contributed by atoms with E-state index in [-0.39, 0.29) is 29.0 Å². The molecule has 0 aliphatic carbocycles. The van der Waals surface area contributed by atoms with E-state index in [0.29, 0.717) is 52.1 Å². The van der Waals surface area contributed by atoms with Crippen molar-refractivity contribution in [1.82, 2.24) is 4.90 Å². The normalized spacial score (nSPS) is 12.9. The molecule has 214 valence electrons. The van der Waals surface area contributed by atoms with Gasteiger partial charge in [-0.05, 0) is 67.1 Å². The minimum atomic E-state index is -0.401. The highest BCUT2D eigenvalue weighted by atomic mass is 32.2. The molecule has 0 fully saturated rings. The Kier molecular flexibility index (Phi) is 9.88. The zero-order chi connectivity index (χ0) is 29.4. The van der Waals surface area contributed by atoms with Crippen LogP contribution in [0.5, 0.6) is 17.2 Å². The van der Waals surface area contributed by atoms with E-state index in [1.807, 2.05) is 0 Å². The fourth-order valence-electron chi connectivity index (χ4n) is 4.06. The molecular weight excluding hydrogens is 546 g/mol. The van der Waals surface area contributed by atoms with E-state index >= 15 is 0 Å². The van der Waals surface area contributed by atoms with Gasteiger partial charge in [-0.3, -0.25) is 19.3 Å². The smallest absolute Gasteiger partial charge is 0.278 e. The first kappa shape index (κ1) is 29.5. The first-order valence-corrected chi connectivity index (χ1v) is 13.5. The second kappa shape index (κ2) is 13.7. The fourth-order valence-corrected chi connectivity index (χ4v) is 5.00. The highest BCUT2D eigenvalue weighted by Crippen LogP contribution is 2.36. The molecule has 0 aromatic heterocycles. The van der Waals surface area contributed by atoms with Crippen molar-refractivity contribution < 1.29 is 33.3 Å². The first-order chi connectivity index (χ1) is 19.9. The zero-order valence-corrected chi connectivity index (χ0v) is 24.0. The number of amides is 3. The number of thioether (sulfide) groups is 1. The van der Waals surface area contributed by atoms with Gasteiger partial charge < -0.3 is 29.6 Å². The number of hydrogen-bond donors (Lipinski definition) is 2. The number of nitrogens with zero attached hydrogens (tertiary/aromatic N) is 1. The lowest BCUT2D eigenvalue weighted by Gasteiger charge is -2.14. The number of rotatable bonds is 13. The van der Waals surface area contributed by atoms with Crippen molar-refractivity contribution in [2.75, 3.05) is 52.2 Å².